The highest BCUT2D eigenvalue weighted by Gasteiger charge is 2.21. The molecule has 1 aliphatic heterocycles. The molecule has 2 N–H and O–H groups in total. The number of nitrogens with zero attached hydrogens (tertiary/aromatic N) is 4. The van der Waals surface area contributed by atoms with Gasteiger partial charge in [0.15, 0.2) is 0 Å². The molecule has 34 heavy (non-hydrogen) atoms. The fourth-order valence-corrected chi connectivity index (χ4v) is 3.38. The average Bonchev–Trinajstić information content (AvgIpc) is 3.33. The SMILES string of the molecule is CN(C)/C=C/C(=O)Nc1cc2c(Nc3ccc(F)c(C#N)c3)ncnc2cc1OC1CCOC1. The smallest absolute Gasteiger partial charge is 0.249 e. The van der Waals surface area contributed by atoms with Crippen LogP contribution < -0.4 is 15.4 Å². The summed E-state index contributed by atoms with van der Waals surface area (Å²) in [4.78, 5) is 22.9. The van der Waals surface area contributed by atoms with Crippen LogP contribution in [0.15, 0.2) is 48.9 Å². The highest BCUT2D eigenvalue weighted by molar-refractivity contribution is 6.03. The van der Waals surface area contributed by atoms with Crippen molar-refractivity contribution in [3.8, 4) is 11.8 Å². The van der Waals surface area contributed by atoms with Crippen LogP contribution in [0.4, 0.5) is 21.6 Å². The third-order valence-corrected chi connectivity index (χ3v) is 5.05. The molecule has 10 heteroatoms. The Morgan fingerprint density at radius 2 is 2.18 bits per heavy atom. The molecule has 0 bridgehead atoms. The van der Waals surface area contributed by atoms with E-state index in [-0.39, 0.29) is 17.6 Å². The Morgan fingerprint density at radius 1 is 1.32 bits per heavy atom. The van der Waals surface area contributed by atoms with Gasteiger partial charge in [-0.3, -0.25) is 4.79 Å². The fraction of sp³-hybridized carbons (Fsp3) is 0.250. The standard InChI is InChI=1S/C24H23FN6O3/c1-31(2)7-5-23(32)30-21-10-18-20(11-22(21)34-17-6-8-33-13-17)27-14-28-24(18)29-16-3-4-19(25)15(9-16)12-26/h3-5,7,9-11,14,17H,6,8,13H2,1-2H3,(H,30,32)(H,27,28,29)/b7-5+. The minimum absolute atomic E-state index is 0.0848. The van der Waals surface area contributed by atoms with Gasteiger partial charge in [0.25, 0.3) is 0 Å². The molecule has 1 aromatic heterocycles. The van der Waals surface area contributed by atoms with Crippen molar-refractivity contribution in [2.24, 2.45) is 0 Å². The van der Waals surface area contributed by atoms with E-state index in [0.717, 1.165) is 6.42 Å². The van der Waals surface area contributed by atoms with Crippen LogP contribution in [0.25, 0.3) is 10.9 Å². The number of fused-ring (bicyclic) bond motifs is 1. The number of halogens is 1. The third kappa shape index (κ3) is 5.39. The number of anilines is 3. The molecule has 3 aromatic rings. The summed E-state index contributed by atoms with van der Waals surface area (Å²) >= 11 is 0. The number of amides is 1. The van der Waals surface area contributed by atoms with Crippen LogP contribution in [0.2, 0.25) is 0 Å². The number of aromatic nitrogens is 2. The first-order valence-corrected chi connectivity index (χ1v) is 10.6. The van der Waals surface area contributed by atoms with E-state index in [2.05, 4.69) is 20.6 Å². The number of carbonyl (C=O) groups excluding carboxylic acids is 1. The Bertz CT molecular complexity index is 1280. The molecule has 1 saturated heterocycles. The summed E-state index contributed by atoms with van der Waals surface area (Å²) < 4.78 is 25.2. The van der Waals surface area contributed by atoms with Crippen LogP contribution in [0, 0.1) is 17.1 Å². The van der Waals surface area contributed by atoms with Crippen molar-refractivity contribution < 1.29 is 18.7 Å². The van der Waals surface area contributed by atoms with Crippen molar-refractivity contribution in [1.29, 1.82) is 5.26 Å². The second-order valence-corrected chi connectivity index (χ2v) is 7.89. The molecule has 0 aliphatic carbocycles. The zero-order valence-electron chi connectivity index (χ0n) is 18.7. The maximum Gasteiger partial charge on any atom is 0.249 e. The Hall–Kier alpha value is -4.23. The van der Waals surface area contributed by atoms with Crippen molar-refractivity contribution >= 4 is 34.0 Å². The summed E-state index contributed by atoms with van der Waals surface area (Å²) in [6.07, 6.45) is 5.05. The van der Waals surface area contributed by atoms with Gasteiger partial charge in [0.1, 0.15) is 35.9 Å². The van der Waals surface area contributed by atoms with E-state index in [1.807, 2.05) is 20.2 Å². The lowest BCUT2D eigenvalue weighted by molar-refractivity contribution is -0.112. The van der Waals surface area contributed by atoms with Gasteiger partial charge < -0.3 is 25.0 Å². The van der Waals surface area contributed by atoms with Gasteiger partial charge in [-0.15, -0.1) is 0 Å². The van der Waals surface area contributed by atoms with Gasteiger partial charge in [-0.1, -0.05) is 0 Å². The highest BCUT2D eigenvalue weighted by atomic mass is 19.1. The summed E-state index contributed by atoms with van der Waals surface area (Å²) in [7, 11) is 3.63. The average molecular weight is 462 g/mol. The molecule has 174 valence electrons. The van der Waals surface area contributed by atoms with E-state index < -0.39 is 5.82 Å². The molecule has 0 spiro atoms. The molecule has 1 unspecified atom stereocenters. The highest BCUT2D eigenvalue weighted by Crippen LogP contribution is 2.34. The van der Waals surface area contributed by atoms with E-state index in [1.54, 1.807) is 23.2 Å². The van der Waals surface area contributed by atoms with Crippen LogP contribution in [-0.2, 0) is 9.53 Å². The lowest BCUT2D eigenvalue weighted by atomic mass is 10.1. The van der Waals surface area contributed by atoms with Crippen LogP contribution in [0.5, 0.6) is 5.75 Å². The van der Waals surface area contributed by atoms with E-state index in [4.69, 9.17) is 14.7 Å². The number of benzene rings is 2. The van der Waals surface area contributed by atoms with Gasteiger partial charge in [0.05, 0.1) is 30.0 Å². The predicted molar refractivity (Wildman–Crippen MR) is 125 cm³/mol. The normalized spacial score (nSPS) is 15.3. The molecular formula is C24H23FN6O3. The Labute approximate surface area is 195 Å². The monoisotopic (exact) mass is 462 g/mol. The maximum atomic E-state index is 13.7. The molecule has 1 atom stereocenters. The van der Waals surface area contributed by atoms with Gasteiger partial charge in [0, 0.05) is 49.9 Å². The van der Waals surface area contributed by atoms with Crippen molar-refractivity contribution in [2.45, 2.75) is 12.5 Å². The molecule has 0 saturated carbocycles. The predicted octanol–water partition coefficient (Wildman–Crippen LogP) is 3.57. The van der Waals surface area contributed by atoms with Crippen LogP contribution >= 0.6 is 0 Å². The molecule has 2 heterocycles. The molecular weight excluding hydrogens is 439 g/mol. The van der Waals surface area contributed by atoms with Crippen molar-refractivity contribution in [1.82, 2.24) is 14.9 Å². The molecule has 2 aromatic carbocycles. The van der Waals surface area contributed by atoms with Crippen LogP contribution in [0.3, 0.4) is 0 Å². The quantitative estimate of drug-likeness (QED) is 0.513. The molecule has 1 amide bonds. The summed E-state index contributed by atoms with van der Waals surface area (Å²) in [5.74, 6) is -0.0402. The number of ether oxygens (including phenoxy) is 2. The van der Waals surface area contributed by atoms with Crippen LogP contribution in [0.1, 0.15) is 12.0 Å². The van der Waals surface area contributed by atoms with Gasteiger partial charge in [-0.05, 0) is 24.3 Å². The van der Waals surface area contributed by atoms with Crippen molar-refractivity contribution in [3.63, 3.8) is 0 Å². The molecule has 0 radical (unpaired) electrons. The van der Waals surface area contributed by atoms with Crippen molar-refractivity contribution in [2.75, 3.05) is 37.9 Å². The van der Waals surface area contributed by atoms with Crippen molar-refractivity contribution in [3.05, 3.63) is 60.3 Å². The Balaban J connectivity index is 1.72. The zero-order chi connectivity index (χ0) is 24.1. The number of nitriles is 1. The van der Waals surface area contributed by atoms with Gasteiger partial charge in [0.2, 0.25) is 5.91 Å². The summed E-state index contributed by atoms with van der Waals surface area (Å²) in [6, 6.07) is 9.39. The largest absolute Gasteiger partial charge is 0.486 e. The summed E-state index contributed by atoms with van der Waals surface area (Å²) in [5.41, 5.74) is 1.43. The second kappa shape index (κ2) is 10.1. The van der Waals surface area contributed by atoms with E-state index in [9.17, 15) is 9.18 Å². The maximum absolute atomic E-state index is 13.7. The number of rotatable bonds is 7. The summed E-state index contributed by atoms with van der Waals surface area (Å²) in [6.45, 7) is 1.08. The van der Waals surface area contributed by atoms with Gasteiger partial charge >= 0.3 is 0 Å². The molecule has 1 aliphatic rings. The Kier molecular flexibility index (Phi) is 6.85. The zero-order valence-corrected chi connectivity index (χ0v) is 18.7. The van der Waals surface area contributed by atoms with E-state index >= 15 is 0 Å². The number of hydrogen-bond donors (Lipinski definition) is 2. The van der Waals surface area contributed by atoms with E-state index in [0.29, 0.717) is 47.1 Å². The van der Waals surface area contributed by atoms with Gasteiger partial charge in [-0.2, -0.15) is 5.26 Å². The topological polar surface area (TPSA) is 112 Å². The first kappa shape index (κ1) is 22.9. The lowest BCUT2D eigenvalue weighted by Gasteiger charge is -2.18. The lowest BCUT2D eigenvalue weighted by Crippen LogP contribution is -2.18. The number of carbonyl (C=O) groups is 1. The summed E-state index contributed by atoms with van der Waals surface area (Å²) in [5, 5.41) is 15.7. The fourth-order valence-electron chi connectivity index (χ4n) is 3.38. The minimum Gasteiger partial charge on any atom is -0.486 e. The third-order valence-electron chi connectivity index (χ3n) is 5.05. The molecule has 9 nitrogen and oxygen atoms in total. The first-order chi connectivity index (χ1) is 16.4. The van der Waals surface area contributed by atoms with Crippen LogP contribution in [-0.4, -0.2) is 54.2 Å². The number of nitrogens with one attached hydrogen (secondary N) is 2. The molecule has 4 rings (SSSR count). The minimum atomic E-state index is -0.603. The Morgan fingerprint density at radius 3 is 2.91 bits per heavy atom. The van der Waals surface area contributed by atoms with Gasteiger partial charge in [-0.25, -0.2) is 14.4 Å². The van der Waals surface area contributed by atoms with E-state index in [1.165, 1.54) is 30.6 Å². The number of hydrogen-bond acceptors (Lipinski definition) is 8. The first-order valence-electron chi connectivity index (χ1n) is 10.6. The molecule has 1 fully saturated rings. The second-order valence-electron chi connectivity index (χ2n) is 7.89.